The maximum absolute atomic E-state index is 12.6. The second-order valence-electron chi connectivity index (χ2n) is 7.91. The Hall–Kier alpha value is -2.00. The predicted octanol–water partition coefficient (Wildman–Crippen LogP) is 1.72. The lowest BCUT2D eigenvalue weighted by Gasteiger charge is -2.30. The minimum absolute atomic E-state index is 0.148. The Morgan fingerprint density at radius 1 is 1.21 bits per heavy atom. The van der Waals surface area contributed by atoms with Gasteiger partial charge in [-0.3, -0.25) is 14.6 Å². The van der Waals surface area contributed by atoms with E-state index in [4.69, 9.17) is 4.74 Å². The number of hydrogen-bond donors (Lipinski definition) is 1. The zero-order chi connectivity index (χ0) is 20.9. The molecule has 1 saturated heterocycles. The van der Waals surface area contributed by atoms with Crippen molar-refractivity contribution in [1.82, 2.24) is 14.6 Å². The monoisotopic (exact) mass is 423 g/mol. The van der Waals surface area contributed by atoms with Crippen molar-refractivity contribution in [3.05, 3.63) is 24.5 Å². The number of ether oxygens (including phenoxy) is 1. The van der Waals surface area contributed by atoms with Crippen LogP contribution in [0.3, 0.4) is 0 Å². The number of sulfonamides is 1. The molecule has 1 aromatic rings. The summed E-state index contributed by atoms with van der Waals surface area (Å²) in [5.74, 6) is -0.657. The Morgan fingerprint density at radius 3 is 2.59 bits per heavy atom. The number of rotatable bonds is 6. The average molecular weight is 424 g/mol. The molecule has 2 fully saturated rings. The van der Waals surface area contributed by atoms with Crippen LogP contribution in [0.1, 0.15) is 45.4 Å². The molecule has 0 aromatic carbocycles. The van der Waals surface area contributed by atoms with E-state index in [1.165, 1.54) is 29.2 Å². The number of amides is 1. The number of aromatic nitrogens is 1. The van der Waals surface area contributed by atoms with Crippen LogP contribution >= 0.6 is 0 Å². The van der Waals surface area contributed by atoms with E-state index >= 15 is 0 Å². The van der Waals surface area contributed by atoms with Gasteiger partial charge in [0.25, 0.3) is 5.91 Å². The van der Waals surface area contributed by atoms with Crippen LogP contribution in [0.2, 0.25) is 0 Å². The molecule has 2 aliphatic rings. The zero-order valence-corrected chi connectivity index (χ0v) is 17.6. The maximum atomic E-state index is 12.6. The van der Waals surface area contributed by atoms with E-state index in [1.807, 2.05) is 0 Å². The van der Waals surface area contributed by atoms with Crippen molar-refractivity contribution < 1.29 is 22.7 Å². The fourth-order valence-electron chi connectivity index (χ4n) is 4.01. The molecular formula is C20H29N3O5S. The standard InChI is InChI=1S/C20H29N3O5S/c1-15-5-2-3-7-18(15)22-19(24)14-28-20(25)16-8-11-23(12-9-16)29(26,27)17-6-4-10-21-13-17/h4,6,10,13,15-16,18H,2-3,5,7-9,11-12,14H2,1H3,(H,22,24). The van der Waals surface area contributed by atoms with Crippen molar-refractivity contribution in [3.63, 3.8) is 0 Å². The summed E-state index contributed by atoms with van der Waals surface area (Å²) in [6.45, 7) is 2.32. The molecule has 1 aliphatic carbocycles. The van der Waals surface area contributed by atoms with Gasteiger partial charge in [-0.1, -0.05) is 19.8 Å². The molecule has 2 unspecified atom stereocenters. The summed E-state index contributed by atoms with van der Waals surface area (Å²) < 4.78 is 31.8. The van der Waals surface area contributed by atoms with Crippen LogP contribution in [-0.2, 0) is 24.3 Å². The van der Waals surface area contributed by atoms with Gasteiger partial charge < -0.3 is 10.1 Å². The van der Waals surface area contributed by atoms with Crippen LogP contribution in [0, 0.1) is 11.8 Å². The van der Waals surface area contributed by atoms with Gasteiger partial charge in [-0.05, 0) is 43.7 Å². The molecule has 2 heterocycles. The quantitative estimate of drug-likeness (QED) is 0.699. The van der Waals surface area contributed by atoms with Gasteiger partial charge in [0.2, 0.25) is 10.0 Å². The molecule has 160 valence electrons. The van der Waals surface area contributed by atoms with Gasteiger partial charge in [-0.25, -0.2) is 8.42 Å². The first kappa shape index (κ1) is 21.7. The summed E-state index contributed by atoms with van der Waals surface area (Å²) in [5.41, 5.74) is 0. The number of esters is 1. The highest BCUT2D eigenvalue weighted by atomic mass is 32.2. The number of nitrogens with one attached hydrogen (secondary N) is 1. The van der Waals surface area contributed by atoms with Crippen LogP contribution in [0.5, 0.6) is 0 Å². The third-order valence-corrected chi connectivity index (χ3v) is 7.75. The van der Waals surface area contributed by atoms with Gasteiger partial charge >= 0.3 is 5.97 Å². The first-order valence-corrected chi connectivity index (χ1v) is 11.7. The molecule has 1 amide bonds. The number of pyridine rings is 1. The highest BCUT2D eigenvalue weighted by Crippen LogP contribution is 2.25. The van der Waals surface area contributed by atoms with Gasteiger partial charge in [-0.2, -0.15) is 4.31 Å². The molecule has 3 rings (SSSR count). The summed E-state index contributed by atoms with van der Waals surface area (Å²) in [4.78, 5) is 28.4. The lowest BCUT2D eigenvalue weighted by molar-refractivity contribution is -0.154. The van der Waals surface area contributed by atoms with Gasteiger partial charge in [0.15, 0.2) is 6.61 Å². The summed E-state index contributed by atoms with van der Waals surface area (Å²) in [5, 5.41) is 2.96. The van der Waals surface area contributed by atoms with E-state index in [0.29, 0.717) is 18.8 Å². The second-order valence-corrected chi connectivity index (χ2v) is 9.85. The van der Waals surface area contributed by atoms with Crippen LogP contribution in [0.15, 0.2) is 29.4 Å². The summed E-state index contributed by atoms with van der Waals surface area (Å²) in [6, 6.07) is 3.24. The van der Waals surface area contributed by atoms with Gasteiger partial charge in [0.05, 0.1) is 5.92 Å². The van der Waals surface area contributed by atoms with Crippen molar-refractivity contribution >= 4 is 21.9 Å². The Kier molecular flexibility index (Phi) is 7.23. The predicted molar refractivity (Wildman–Crippen MR) is 106 cm³/mol. The zero-order valence-electron chi connectivity index (χ0n) is 16.7. The third kappa shape index (κ3) is 5.54. The third-order valence-electron chi connectivity index (χ3n) is 5.86. The summed E-state index contributed by atoms with van der Waals surface area (Å²) in [7, 11) is -3.60. The maximum Gasteiger partial charge on any atom is 0.309 e. The number of nitrogens with zero attached hydrogens (tertiary/aromatic N) is 2. The molecule has 0 radical (unpaired) electrons. The minimum atomic E-state index is -3.60. The second kappa shape index (κ2) is 9.67. The normalized spacial score (nSPS) is 24.0. The Labute approximate surface area is 172 Å². The van der Waals surface area contributed by atoms with Gasteiger partial charge in [0.1, 0.15) is 4.90 Å². The molecule has 29 heavy (non-hydrogen) atoms. The molecule has 1 N–H and O–H groups in total. The fourth-order valence-corrected chi connectivity index (χ4v) is 5.45. The van der Waals surface area contributed by atoms with Gasteiger partial charge in [0, 0.05) is 31.5 Å². The Balaban J connectivity index is 1.43. The van der Waals surface area contributed by atoms with Crippen molar-refractivity contribution in [2.24, 2.45) is 11.8 Å². The molecule has 1 aromatic heterocycles. The molecule has 0 bridgehead atoms. The van der Waals surface area contributed by atoms with Crippen LogP contribution < -0.4 is 5.32 Å². The van der Waals surface area contributed by atoms with Crippen molar-refractivity contribution in [3.8, 4) is 0 Å². The van der Waals surface area contributed by atoms with Crippen LogP contribution in [0.4, 0.5) is 0 Å². The molecule has 1 saturated carbocycles. The molecule has 0 spiro atoms. The van der Waals surface area contributed by atoms with E-state index in [-0.39, 0.29) is 36.5 Å². The van der Waals surface area contributed by atoms with Crippen molar-refractivity contribution in [2.75, 3.05) is 19.7 Å². The smallest absolute Gasteiger partial charge is 0.309 e. The first-order chi connectivity index (χ1) is 13.9. The first-order valence-electron chi connectivity index (χ1n) is 10.2. The molecule has 9 heteroatoms. The SMILES string of the molecule is CC1CCCCC1NC(=O)COC(=O)C1CCN(S(=O)(=O)c2cccnc2)CC1. The topological polar surface area (TPSA) is 106 Å². The highest BCUT2D eigenvalue weighted by Gasteiger charge is 2.33. The Morgan fingerprint density at radius 2 is 1.93 bits per heavy atom. The number of carbonyl (C=O) groups is 2. The fraction of sp³-hybridized carbons (Fsp3) is 0.650. The van der Waals surface area contributed by atoms with E-state index in [1.54, 1.807) is 6.07 Å². The average Bonchev–Trinajstić information content (AvgIpc) is 2.74. The van der Waals surface area contributed by atoms with E-state index < -0.39 is 21.9 Å². The van der Waals surface area contributed by atoms with Crippen LogP contribution in [0.25, 0.3) is 0 Å². The summed E-state index contributed by atoms with van der Waals surface area (Å²) >= 11 is 0. The van der Waals surface area contributed by atoms with Crippen molar-refractivity contribution in [2.45, 2.75) is 56.4 Å². The van der Waals surface area contributed by atoms with E-state index in [0.717, 1.165) is 19.3 Å². The van der Waals surface area contributed by atoms with Crippen molar-refractivity contribution in [1.29, 1.82) is 0 Å². The Bertz CT molecular complexity index is 807. The van der Waals surface area contributed by atoms with E-state index in [2.05, 4.69) is 17.2 Å². The number of carbonyl (C=O) groups excluding carboxylic acids is 2. The van der Waals surface area contributed by atoms with E-state index in [9.17, 15) is 18.0 Å². The van der Waals surface area contributed by atoms with Gasteiger partial charge in [-0.15, -0.1) is 0 Å². The van der Waals surface area contributed by atoms with Crippen LogP contribution in [-0.4, -0.2) is 55.3 Å². The minimum Gasteiger partial charge on any atom is -0.455 e. The highest BCUT2D eigenvalue weighted by molar-refractivity contribution is 7.89. The molecule has 2 atom stereocenters. The lowest BCUT2D eigenvalue weighted by atomic mass is 9.86. The molecule has 1 aliphatic heterocycles. The lowest BCUT2D eigenvalue weighted by Crippen LogP contribution is -2.44. The summed E-state index contributed by atoms with van der Waals surface area (Å²) in [6.07, 6.45) is 7.95. The molecular weight excluding hydrogens is 394 g/mol. The number of piperidine rings is 1. The largest absolute Gasteiger partial charge is 0.455 e. The number of hydrogen-bond acceptors (Lipinski definition) is 6. The molecule has 8 nitrogen and oxygen atoms in total.